The van der Waals surface area contributed by atoms with E-state index < -0.39 is 51.2 Å². The van der Waals surface area contributed by atoms with Crippen LogP contribution in [0, 0.1) is 0 Å². The fraction of sp³-hybridized carbons (Fsp3) is 0.933. The topological polar surface area (TPSA) is 139 Å². The summed E-state index contributed by atoms with van der Waals surface area (Å²) in [6.45, 7) is 6.70. The van der Waals surface area contributed by atoms with E-state index in [4.69, 9.17) is 27.6 Å². The lowest BCUT2D eigenvalue weighted by Crippen LogP contribution is -2.41. The maximum absolute atomic E-state index is 13.5. The van der Waals surface area contributed by atoms with Crippen LogP contribution in [0.25, 0.3) is 0 Å². The lowest BCUT2D eigenvalue weighted by atomic mass is 10.1. The average molecular weight is 445 g/mol. The van der Waals surface area contributed by atoms with Crippen LogP contribution in [0.3, 0.4) is 0 Å². The first-order chi connectivity index (χ1) is 13.2. The number of aliphatic hydroxyl groups excluding tert-OH is 1. The Labute approximate surface area is 164 Å². The zero-order chi connectivity index (χ0) is 20.9. The van der Waals surface area contributed by atoms with Gasteiger partial charge in [0.15, 0.2) is 5.40 Å². The van der Waals surface area contributed by atoms with Crippen molar-refractivity contribution < 1.29 is 46.6 Å². The molecule has 2 aliphatic rings. The van der Waals surface area contributed by atoms with Gasteiger partial charge in [0.25, 0.3) is 0 Å². The lowest BCUT2D eigenvalue weighted by Gasteiger charge is -2.33. The van der Waals surface area contributed by atoms with Crippen molar-refractivity contribution in [3.63, 3.8) is 0 Å². The molecule has 0 aliphatic carbocycles. The monoisotopic (exact) mass is 445 g/mol. The Bertz CT molecular complexity index is 582. The molecular formula is C15H29NO10P2. The molecule has 2 saturated heterocycles. The average Bonchev–Trinajstić information content (AvgIpc) is 3.11. The molecule has 0 saturated carbocycles. The fourth-order valence-electron chi connectivity index (χ4n) is 3.23. The van der Waals surface area contributed by atoms with Crippen molar-refractivity contribution in [1.29, 1.82) is 0 Å². The Morgan fingerprint density at radius 2 is 1.46 bits per heavy atom. The minimum Gasteiger partial charge on any atom is -0.417 e. The Balaban J connectivity index is 2.34. The van der Waals surface area contributed by atoms with E-state index in [0.717, 1.165) is 0 Å². The van der Waals surface area contributed by atoms with Gasteiger partial charge < -0.3 is 38.0 Å². The van der Waals surface area contributed by atoms with E-state index in [1.54, 1.807) is 27.7 Å². The van der Waals surface area contributed by atoms with E-state index in [9.17, 15) is 19.0 Å². The zero-order valence-electron chi connectivity index (χ0n) is 16.4. The maximum atomic E-state index is 13.5. The van der Waals surface area contributed by atoms with Crippen LogP contribution >= 0.6 is 15.2 Å². The molecule has 0 spiro atoms. The molecule has 0 aromatic heterocycles. The van der Waals surface area contributed by atoms with E-state index in [-0.39, 0.29) is 32.8 Å². The predicted molar refractivity (Wildman–Crippen MR) is 98.2 cm³/mol. The Morgan fingerprint density at radius 1 is 1.00 bits per heavy atom. The summed E-state index contributed by atoms with van der Waals surface area (Å²) in [6.07, 6.45) is -4.03. The number of fused-ring (bicyclic) bond motifs is 1. The van der Waals surface area contributed by atoms with E-state index in [2.05, 4.69) is 5.32 Å². The van der Waals surface area contributed by atoms with Gasteiger partial charge in [-0.15, -0.1) is 0 Å². The third-order valence-electron chi connectivity index (χ3n) is 4.27. The highest BCUT2D eigenvalue weighted by molar-refractivity contribution is 7.72. The van der Waals surface area contributed by atoms with E-state index >= 15 is 0 Å². The van der Waals surface area contributed by atoms with E-state index in [0.29, 0.717) is 0 Å². The second-order valence-electron chi connectivity index (χ2n) is 6.08. The van der Waals surface area contributed by atoms with Crippen molar-refractivity contribution in [3.8, 4) is 0 Å². The summed E-state index contributed by atoms with van der Waals surface area (Å²) in [6, 6.07) is -0.782. The molecule has 164 valence electrons. The third kappa shape index (κ3) is 4.96. The summed E-state index contributed by atoms with van der Waals surface area (Å²) in [5.74, 6) is 0. The van der Waals surface area contributed by atoms with Crippen LogP contribution < -0.4 is 5.32 Å². The minimum absolute atomic E-state index is 0.0462. The Morgan fingerprint density at radius 3 is 1.86 bits per heavy atom. The molecule has 1 amide bonds. The number of ether oxygens (including phenoxy) is 2. The van der Waals surface area contributed by atoms with Crippen LogP contribution in [0.5, 0.6) is 0 Å². The van der Waals surface area contributed by atoms with Gasteiger partial charge in [0.05, 0.1) is 32.5 Å². The predicted octanol–water partition coefficient (Wildman–Crippen LogP) is 2.43. The van der Waals surface area contributed by atoms with Gasteiger partial charge in [-0.3, -0.25) is 9.13 Å². The van der Waals surface area contributed by atoms with Gasteiger partial charge in [0.2, 0.25) is 6.29 Å². The van der Waals surface area contributed by atoms with Crippen LogP contribution in [0.4, 0.5) is 4.79 Å². The zero-order valence-corrected chi connectivity index (χ0v) is 18.2. The molecule has 2 aliphatic heterocycles. The van der Waals surface area contributed by atoms with Crippen molar-refractivity contribution in [2.75, 3.05) is 26.4 Å². The normalized spacial score (nSPS) is 27.7. The molecule has 2 N–H and O–H groups in total. The highest BCUT2D eigenvalue weighted by Gasteiger charge is 2.57. The molecule has 13 heteroatoms. The summed E-state index contributed by atoms with van der Waals surface area (Å²) in [5.41, 5.74) is 0. The van der Waals surface area contributed by atoms with Gasteiger partial charge in [-0.25, -0.2) is 4.79 Å². The number of nitrogens with one attached hydrogen (secondary N) is 1. The van der Waals surface area contributed by atoms with Gasteiger partial charge in [-0.2, -0.15) is 0 Å². The number of alkyl carbamates (subject to hydrolysis) is 1. The van der Waals surface area contributed by atoms with E-state index in [1.165, 1.54) is 0 Å². The highest BCUT2D eigenvalue weighted by Crippen LogP contribution is 2.72. The quantitative estimate of drug-likeness (QED) is 0.431. The molecule has 2 heterocycles. The van der Waals surface area contributed by atoms with Crippen LogP contribution in [0.15, 0.2) is 0 Å². The van der Waals surface area contributed by atoms with Crippen LogP contribution in [-0.2, 0) is 36.7 Å². The van der Waals surface area contributed by atoms with Gasteiger partial charge >= 0.3 is 21.3 Å². The van der Waals surface area contributed by atoms with Crippen LogP contribution in [0.2, 0.25) is 0 Å². The standard InChI is InChI=1S/C15H29NO10P2/c1-5-21-27(19,22-6-2)11(28(20,23-7-3)24-8-4)9-10-13(17)12-14(25-10)26-15(18)16-12/h10-14,17H,5-9H2,1-4H3,(H,16,18)/t10-,12-,13+,14-/m1/s1. The van der Waals surface area contributed by atoms with Crippen LogP contribution in [0.1, 0.15) is 34.1 Å². The summed E-state index contributed by atoms with van der Waals surface area (Å²) >= 11 is 0. The molecule has 0 bridgehead atoms. The molecule has 4 atom stereocenters. The largest absolute Gasteiger partial charge is 0.417 e. The van der Waals surface area contributed by atoms with Crippen molar-refractivity contribution in [1.82, 2.24) is 5.32 Å². The molecule has 2 rings (SSSR count). The first-order valence-corrected chi connectivity index (χ1v) is 12.5. The number of aliphatic hydroxyl groups is 1. The van der Waals surface area contributed by atoms with Crippen molar-refractivity contribution >= 4 is 21.3 Å². The minimum atomic E-state index is -3.96. The molecule has 28 heavy (non-hydrogen) atoms. The SMILES string of the molecule is CCOP(=O)(OCC)C(C[C@H]1O[C@@H]2OC(=O)N[C@@H]2[C@H]1O)P(=O)(OCC)OCC. The van der Waals surface area contributed by atoms with Gasteiger partial charge in [0.1, 0.15) is 12.1 Å². The molecule has 2 fully saturated rings. The van der Waals surface area contributed by atoms with Crippen molar-refractivity contribution in [2.24, 2.45) is 0 Å². The molecule has 11 nitrogen and oxygen atoms in total. The summed E-state index contributed by atoms with van der Waals surface area (Å²) in [5, 5.41) is 11.6. The maximum Gasteiger partial charge on any atom is 0.410 e. The van der Waals surface area contributed by atoms with E-state index in [1.807, 2.05) is 0 Å². The smallest absolute Gasteiger partial charge is 0.410 e. The lowest BCUT2D eigenvalue weighted by molar-refractivity contribution is -0.0900. The number of carbonyl (C=O) groups is 1. The second kappa shape index (κ2) is 10.00. The van der Waals surface area contributed by atoms with Crippen molar-refractivity contribution in [2.45, 2.75) is 64.1 Å². The summed E-state index contributed by atoms with van der Waals surface area (Å²) < 4.78 is 59.1. The second-order valence-corrected chi connectivity index (χ2v) is 10.9. The number of carbonyl (C=O) groups excluding carboxylic acids is 1. The Hall–Kier alpha value is -0.510. The fourth-order valence-corrected chi connectivity index (χ4v) is 8.63. The highest BCUT2D eigenvalue weighted by atomic mass is 31.2. The van der Waals surface area contributed by atoms with Gasteiger partial charge in [0, 0.05) is 6.42 Å². The molecule has 0 aromatic rings. The van der Waals surface area contributed by atoms with Crippen molar-refractivity contribution in [3.05, 3.63) is 0 Å². The number of hydrogen-bond acceptors (Lipinski definition) is 10. The molecular weight excluding hydrogens is 416 g/mol. The summed E-state index contributed by atoms with van der Waals surface area (Å²) in [7, 11) is -7.93. The molecule has 0 unspecified atom stereocenters. The third-order valence-corrected chi connectivity index (χ3v) is 10.3. The van der Waals surface area contributed by atoms with Gasteiger partial charge in [-0.05, 0) is 27.7 Å². The molecule has 0 aromatic carbocycles. The van der Waals surface area contributed by atoms with Crippen LogP contribution in [-0.4, -0.2) is 67.6 Å². The number of amides is 1. The Kier molecular flexibility index (Phi) is 8.49. The van der Waals surface area contributed by atoms with Gasteiger partial charge in [-0.1, -0.05) is 0 Å². The molecule has 0 radical (unpaired) electrons. The number of hydrogen-bond donors (Lipinski definition) is 2. The first-order valence-electron chi connectivity index (χ1n) is 9.32. The summed E-state index contributed by atoms with van der Waals surface area (Å²) in [4.78, 5) is 11.3. The first kappa shape index (κ1) is 23.8. The number of rotatable bonds is 12.